The number of anilines is 1. The molecule has 1 aromatic carbocycles. The number of hydrogen-bond donors (Lipinski definition) is 1. The zero-order valence-electron chi connectivity index (χ0n) is 17.0. The lowest BCUT2D eigenvalue weighted by Crippen LogP contribution is -2.24. The number of thioether (sulfide) groups is 1. The molecule has 0 spiro atoms. The fourth-order valence-corrected chi connectivity index (χ4v) is 4.12. The summed E-state index contributed by atoms with van der Waals surface area (Å²) in [5, 5.41) is 4.75. The Kier molecular flexibility index (Phi) is 7.26. The summed E-state index contributed by atoms with van der Waals surface area (Å²) in [6.45, 7) is 6.14. The molecule has 1 aromatic heterocycles. The van der Waals surface area contributed by atoms with Gasteiger partial charge in [-0.25, -0.2) is 4.68 Å². The van der Waals surface area contributed by atoms with Crippen molar-refractivity contribution in [2.24, 2.45) is 0 Å². The molecule has 3 rings (SSSR count). The van der Waals surface area contributed by atoms with Crippen molar-refractivity contribution in [2.45, 2.75) is 44.8 Å². The Hall–Kier alpha value is -1.70. The van der Waals surface area contributed by atoms with Crippen LogP contribution in [0.15, 0.2) is 30.3 Å². The average Bonchev–Trinajstić information content (AvgIpc) is 3.09. The van der Waals surface area contributed by atoms with Crippen LogP contribution in [-0.4, -0.2) is 47.9 Å². The number of benzene rings is 1. The van der Waals surface area contributed by atoms with Crippen molar-refractivity contribution < 1.29 is 14.2 Å². The van der Waals surface area contributed by atoms with Crippen LogP contribution in [0.3, 0.4) is 0 Å². The Morgan fingerprint density at radius 3 is 2.89 bits per heavy atom. The monoisotopic (exact) mass is 405 g/mol. The lowest BCUT2D eigenvalue weighted by atomic mass is 9.92. The molecule has 0 radical (unpaired) electrons. The largest absolute Gasteiger partial charge is 0.491 e. The van der Waals surface area contributed by atoms with Gasteiger partial charge >= 0.3 is 0 Å². The highest BCUT2D eigenvalue weighted by molar-refractivity contribution is 7.98. The molecule has 2 heterocycles. The van der Waals surface area contributed by atoms with Crippen molar-refractivity contribution >= 4 is 17.6 Å². The van der Waals surface area contributed by atoms with Gasteiger partial charge in [0.2, 0.25) is 0 Å². The smallest absolute Gasteiger partial charge is 0.157 e. The third-order valence-corrected chi connectivity index (χ3v) is 5.80. The first-order valence-electron chi connectivity index (χ1n) is 9.81. The number of nitrogens with zero attached hydrogens (tertiary/aromatic N) is 2. The number of hydrogen-bond acceptors (Lipinski definition) is 6. The number of aromatic nitrogens is 2. The van der Waals surface area contributed by atoms with Crippen LogP contribution in [0.25, 0.3) is 5.69 Å². The van der Waals surface area contributed by atoms with E-state index in [0.717, 1.165) is 48.8 Å². The predicted octanol–water partition coefficient (Wildman–Crippen LogP) is 4.02. The van der Waals surface area contributed by atoms with Gasteiger partial charge in [0.1, 0.15) is 18.2 Å². The second kappa shape index (κ2) is 9.67. The summed E-state index contributed by atoms with van der Waals surface area (Å²) >= 11 is 1.81. The fraction of sp³-hybridized carbons (Fsp3) is 0.571. The summed E-state index contributed by atoms with van der Waals surface area (Å²) in [6.07, 6.45) is 5.26. The molecule has 0 amide bonds. The minimum atomic E-state index is -0.0874. The van der Waals surface area contributed by atoms with Crippen LogP contribution in [0, 0.1) is 0 Å². The molecule has 2 N–H and O–H groups in total. The quantitative estimate of drug-likeness (QED) is 0.636. The molecule has 154 valence electrons. The molecule has 6 nitrogen and oxygen atoms in total. The van der Waals surface area contributed by atoms with Crippen molar-refractivity contribution in [3.8, 4) is 11.4 Å². The zero-order valence-corrected chi connectivity index (χ0v) is 17.8. The highest BCUT2D eigenvalue weighted by Crippen LogP contribution is 2.29. The van der Waals surface area contributed by atoms with Gasteiger partial charge in [0, 0.05) is 29.9 Å². The summed E-state index contributed by atoms with van der Waals surface area (Å²) < 4.78 is 18.9. The minimum absolute atomic E-state index is 0.0363. The Morgan fingerprint density at radius 1 is 1.29 bits per heavy atom. The van der Waals surface area contributed by atoms with E-state index in [1.165, 1.54) is 0 Å². The number of nitrogen functional groups attached to an aromatic ring is 1. The Bertz CT molecular complexity index is 757. The average molecular weight is 406 g/mol. The SMILES string of the molecule is CSCC(C)(C)c1cc(N)n(-c2cccc(OCCOC3CCCCO3)c2)n1. The highest BCUT2D eigenvalue weighted by atomic mass is 32.2. The highest BCUT2D eigenvalue weighted by Gasteiger charge is 2.24. The molecule has 2 aromatic rings. The van der Waals surface area contributed by atoms with Crippen LogP contribution in [-0.2, 0) is 14.9 Å². The van der Waals surface area contributed by atoms with E-state index in [4.69, 9.17) is 25.0 Å². The summed E-state index contributed by atoms with van der Waals surface area (Å²) in [5.74, 6) is 2.38. The molecule has 0 aliphatic carbocycles. The second-order valence-electron chi connectivity index (χ2n) is 7.70. The number of ether oxygens (including phenoxy) is 3. The van der Waals surface area contributed by atoms with Crippen molar-refractivity contribution in [3.05, 3.63) is 36.0 Å². The summed E-state index contributed by atoms with van der Waals surface area (Å²) in [6, 6.07) is 9.77. The number of rotatable bonds is 9. The van der Waals surface area contributed by atoms with Gasteiger partial charge in [-0.15, -0.1) is 0 Å². The molecular formula is C21H31N3O3S. The molecule has 1 atom stereocenters. The van der Waals surface area contributed by atoms with Gasteiger partial charge in [-0.05, 0) is 37.7 Å². The van der Waals surface area contributed by atoms with E-state index in [0.29, 0.717) is 19.0 Å². The van der Waals surface area contributed by atoms with Gasteiger partial charge in [-0.1, -0.05) is 19.9 Å². The van der Waals surface area contributed by atoms with Crippen LogP contribution in [0.4, 0.5) is 5.82 Å². The molecule has 1 unspecified atom stereocenters. The summed E-state index contributed by atoms with van der Waals surface area (Å²) in [5.41, 5.74) is 8.08. The van der Waals surface area contributed by atoms with Crippen LogP contribution in [0.2, 0.25) is 0 Å². The minimum Gasteiger partial charge on any atom is -0.491 e. The van der Waals surface area contributed by atoms with Crippen molar-refractivity contribution in [1.29, 1.82) is 0 Å². The predicted molar refractivity (Wildman–Crippen MR) is 114 cm³/mol. The molecular weight excluding hydrogens is 374 g/mol. The molecule has 1 aliphatic heterocycles. The van der Waals surface area contributed by atoms with E-state index in [2.05, 4.69) is 20.1 Å². The maximum Gasteiger partial charge on any atom is 0.157 e. The summed E-state index contributed by atoms with van der Waals surface area (Å²) in [7, 11) is 0. The van der Waals surface area contributed by atoms with Crippen LogP contribution >= 0.6 is 11.8 Å². The lowest BCUT2D eigenvalue weighted by molar-refractivity contribution is -0.165. The molecule has 0 bridgehead atoms. The maximum absolute atomic E-state index is 6.24. The zero-order chi connectivity index (χ0) is 20.0. The first kappa shape index (κ1) is 21.0. The topological polar surface area (TPSA) is 71.5 Å². The molecule has 1 aliphatic rings. The van der Waals surface area contributed by atoms with E-state index in [1.54, 1.807) is 4.68 Å². The van der Waals surface area contributed by atoms with Gasteiger partial charge in [0.15, 0.2) is 6.29 Å². The summed E-state index contributed by atoms with van der Waals surface area (Å²) in [4.78, 5) is 0. The van der Waals surface area contributed by atoms with Crippen molar-refractivity contribution in [1.82, 2.24) is 9.78 Å². The molecule has 0 saturated carbocycles. The van der Waals surface area contributed by atoms with Crippen molar-refractivity contribution in [2.75, 3.05) is 37.6 Å². The van der Waals surface area contributed by atoms with E-state index >= 15 is 0 Å². The Labute approximate surface area is 171 Å². The van der Waals surface area contributed by atoms with Gasteiger partial charge in [-0.3, -0.25) is 0 Å². The fourth-order valence-electron chi connectivity index (χ4n) is 3.25. The van der Waals surface area contributed by atoms with E-state index in [9.17, 15) is 0 Å². The Morgan fingerprint density at radius 2 is 2.14 bits per heavy atom. The van der Waals surface area contributed by atoms with E-state index < -0.39 is 0 Å². The van der Waals surface area contributed by atoms with E-state index in [-0.39, 0.29) is 11.7 Å². The standard InChI is InChI=1S/C21H31N3O3S/c1-21(2,15-28-3)18-14-19(22)24(23-18)16-7-6-8-17(13-16)25-11-12-27-20-9-4-5-10-26-20/h6-8,13-14,20H,4-5,9-12,15,22H2,1-3H3. The van der Waals surface area contributed by atoms with Crippen LogP contribution in [0.5, 0.6) is 5.75 Å². The Balaban J connectivity index is 1.60. The number of nitrogens with two attached hydrogens (primary N) is 1. The molecule has 1 fully saturated rings. The van der Waals surface area contributed by atoms with Gasteiger partial charge in [0.05, 0.1) is 18.0 Å². The van der Waals surface area contributed by atoms with E-state index in [1.807, 2.05) is 42.1 Å². The molecule has 28 heavy (non-hydrogen) atoms. The lowest BCUT2D eigenvalue weighted by Gasteiger charge is -2.22. The molecule has 7 heteroatoms. The second-order valence-corrected chi connectivity index (χ2v) is 8.56. The van der Waals surface area contributed by atoms with Crippen LogP contribution in [0.1, 0.15) is 38.8 Å². The first-order valence-corrected chi connectivity index (χ1v) is 11.2. The first-order chi connectivity index (χ1) is 13.5. The van der Waals surface area contributed by atoms with Gasteiger partial charge in [-0.2, -0.15) is 16.9 Å². The van der Waals surface area contributed by atoms with Gasteiger partial charge in [0.25, 0.3) is 0 Å². The van der Waals surface area contributed by atoms with Crippen LogP contribution < -0.4 is 10.5 Å². The van der Waals surface area contributed by atoms with Gasteiger partial charge < -0.3 is 19.9 Å². The third kappa shape index (κ3) is 5.43. The maximum atomic E-state index is 6.24. The molecule has 1 saturated heterocycles. The normalized spacial score (nSPS) is 17.6. The van der Waals surface area contributed by atoms with Crippen molar-refractivity contribution in [3.63, 3.8) is 0 Å². The third-order valence-electron chi connectivity index (χ3n) is 4.79.